The Morgan fingerprint density at radius 1 is 1.24 bits per heavy atom. The number of hydrogen-bond acceptors (Lipinski definition) is 3. The number of rotatable bonds is 3. The number of nitrogens with two attached hydrogens (primary N) is 2. The van der Waals surface area contributed by atoms with E-state index in [0.717, 1.165) is 11.3 Å². The summed E-state index contributed by atoms with van der Waals surface area (Å²) < 4.78 is 12.7. The average Bonchev–Trinajstić information content (AvgIpc) is 2.30. The molecule has 1 aliphatic rings. The highest BCUT2D eigenvalue weighted by atomic mass is 19.1. The van der Waals surface area contributed by atoms with E-state index in [0.29, 0.717) is 13.0 Å². The molecular formula is C13H16FN3. The van der Waals surface area contributed by atoms with Crippen molar-refractivity contribution in [1.29, 1.82) is 0 Å². The van der Waals surface area contributed by atoms with Gasteiger partial charge in [0.05, 0.1) is 5.66 Å². The number of hydrogen-bond donors (Lipinski definition) is 3. The summed E-state index contributed by atoms with van der Waals surface area (Å²) in [7, 11) is 0. The molecule has 0 spiro atoms. The van der Waals surface area contributed by atoms with Crippen molar-refractivity contribution in [3.8, 4) is 0 Å². The van der Waals surface area contributed by atoms with Gasteiger partial charge in [0.25, 0.3) is 0 Å². The molecule has 4 heteroatoms. The number of benzene rings is 1. The summed E-state index contributed by atoms with van der Waals surface area (Å²) in [6.45, 7) is 0.651. The van der Waals surface area contributed by atoms with Gasteiger partial charge in [-0.05, 0) is 29.8 Å². The van der Waals surface area contributed by atoms with E-state index in [4.69, 9.17) is 11.5 Å². The third-order valence-corrected chi connectivity index (χ3v) is 2.66. The molecule has 1 aromatic carbocycles. The Morgan fingerprint density at radius 3 is 2.53 bits per heavy atom. The largest absolute Gasteiger partial charge is 0.381 e. The van der Waals surface area contributed by atoms with E-state index < -0.39 is 5.66 Å². The van der Waals surface area contributed by atoms with Crippen molar-refractivity contribution >= 4 is 0 Å². The van der Waals surface area contributed by atoms with Gasteiger partial charge >= 0.3 is 0 Å². The topological polar surface area (TPSA) is 64.1 Å². The highest BCUT2D eigenvalue weighted by Gasteiger charge is 2.16. The van der Waals surface area contributed by atoms with Crippen molar-refractivity contribution in [2.24, 2.45) is 11.5 Å². The van der Waals surface area contributed by atoms with Crippen LogP contribution < -0.4 is 16.8 Å². The minimum absolute atomic E-state index is 0.221. The third kappa shape index (κ3) is 3.41. The predicted molar refractivity (Wildman–Crippen MR) is 66.2 cm³/mol. The first-order valence-corrected chi connectivity index (χ1v) is 5.51. The summed E-state index contributed by atoms with van der Waals surface area (Å²) >= 11 is 0. The van der Waals surface area contributed by atoms with Crippen LogP contribution in [0, 0.1) is 5.82 Å². The normalized spacial score (nSPS) is 17.7. The fraction of sp³-hybridized carbons (Fsp3) is 0.231. The summed E-state index contributed by atoms with van der Waals surface area (Å²) in [6.07, 6.45) is 6.21. The van der Waals surface area contributed by atoms with Gasteiger partial charge in [-0.2, -0.15) is 0 Å². The molecule has 2 rings (SSSR count). The summed E-state index contributed by atoms with van der Waals surface area (Å²) in [5.41, 5.74) is 12.8. The van der Waals surface area contributed by atoms with E-state index in [9.17, 15) is 4.39 Å². The molecule has 17 heavy (non-hydrogen) atoms. The van der Waals surface area contributed by atoms with Crippen LogP contribution >= 0.6 is 0 Å². The fourth-order valence-electron chi connectivity index (χ4n) is 1.61. The summed E-state index contributed by atoms with van der Waals surface area (Å²) in [6, 6.07) is 6.41. The lowest BCUT2D eigenvalue weighted by atomic mass is 10.0. The smallest absolute Gasteiger partial charge is 0.123 e. The van der Waals surface area contributed by atoms with Crippen LogP contribution in [0.15, 0.2) is 48.2 Å². The van der Waals surface area contributed by atoms with Gasteiger partial charge in [0.2, 0.25) is 0 Å². The summed E-state index contributed by atoms with van der Waals surface area (Å²) in [4.78, 5) is 0. The van der Waals surface area contributed by atoms with Crippen LogP contribution in [0.3, 0.4) is 0 Å². The average molecular weight is 233 g/mol. The number of nitrogens with one attached hydrogen (secondary N) is 1. The Bertz CT molecular complexity index is 446. The zero-order valence-corrected chi connectivity index (χ0v) is 9.49. The lowest BCUT2D eigenvalue weighted by Crippen LogP contribution is -2.48. The van der Waals surface area contributed by atoms with Gasteiger partial charge in [0.1, 0.15) is 5.82 Å². The van der Waals surface area contributed by atoms with Crippen LogP contribution in [0.25, 0.3) is 0 Å². The lowest BCUT2D eigenvalue weighted by Gasteiger charge is -2.23. The Hall–Kier alpha value is -1.65. The van der Waals surface area contributed by atoms with E-state index in [1.807, 2.05) is 12.2 Å². The Labute approximate surface area is 100.0 Å². The quantitative estimate of drug-likeness (QED) is 0.691. The molecule has 1 aliphatic carbocycles. The van der Waals surface area contributed by atoms with Crippen LogP contribution in [-0.2, 0) is 6.54 Å². The number of allylic oxidation sites excluding steroid dienone is 1. The monoisotopic (exact) mass is 233 g/mol. The molecule has 0 atom stereocenters. The first-order chi connectivity index (χ1) is 8.05. The van der Waals surface area contributed by atoms with Gasteiger partial charge in [-0.3, -0.25) is 0 Å². The molecule has 0 aromatic heterocycles. The summed E-state index contributed by atoms with van der Waals surface area (Å²) in [5.74, 6) is -0.221. The highest BCUT2D eigenvalue weighted by Crippen LogP contribution is 2.12. The molecule has 0 fully saturated rings. The van der Waals surface area contributed by atoms with Crippen LogP contribution in [0.2, 0.25) is 0 Å². The van der Waals surface area contributed by atoms with Gasteiger partial charge in [-0.25, -0.2) is 4.39 Å². The van der Waals surface area contributed by atoms with Crippen LogP contribution in [0.4, 0.5) is 4.39 Å². The maximum absolute atomic E-state index is 12.7. The summed E-state index contributed by atoms with van der Waals surface area (Å²) in [5, 5.41) is 3.24. The number of halogens is 1. The molecule has 0 radical (unpaired) electrons. The van der Waals surface area contributed by atoms with Gasteiger partial charge in [0, 0.05) is 18.7 Å². The minimum Gasteiger partial charge on any atom is -0.381 e. The standard InChI is InChI=1S/C13H16FN3/c14-11-3-1-10(2-4-11)9-17-12-5-7-13(15,16)8-6-12/h1-7,17H,8-9,15-16H2. The van der Waals surface area contributed by atoms with Gasteiger partial charge in [0.15, 0.2) is 0 Å². The van der Waals surface area contributed by atoms with Crippen molar-refractivity contribution in [1.82, 2.24) is 5.32 Å². The Balaban J connectivity index is 1.90. The molecule has 0 amide bonds. The first kappa shape index (κ1) is 11.8. The second kappa shape index (κ2) is 4.69. The maximum Gasteiger partial charge on any atom is 0.123 e. The Kier molecular flexibility index (Phi) is 3.26. The van der Waals surface area contributed by atoms with E-state index in [-0.39, 0.29) is 5.82 Å². The van der Waals surface area contributed by atoms with Gasteiger partial charge in [-0.1, -0.05) is 18.2 Å². The van der Waals surface area contributed by atoms with E-state index in [1.54, 1.807) is 18.2 Å². The molecular weight excluding hydrogens is 217 g/mol. The van der Waals surface area contributed by atoms with E-state index >= 15 is 0 Å². The molecule has 0 saturated carbocycles. The second-order valence-electron chi connectivity index (χ2n) is 4.29. The van der Waals surface area contributed by atoms with Crippen molar-refractivity contribution in [2.45, 2.75) is 18.6 Å². The molecule has 0 aliphatic heterocycles. The first-order valence-electron chi connectivity index (χ1n) is 5.51. The van der Waals surface area contributed by atoms with Crippen LogP contribution in [0.5, 0.6) is 0 Å². The third-order valence-electron chi connectivity index (χ3n) is 2.66. The van der Waals surface area contributed by atoms with Crippen molar-refractivity contribution < 1.29 is 4.39 Å². The van der Waals surface area contributed by atoms with Crippen molar-refractivity contribution in [3.05, 3.63) is 59.6 Å². The molecule has 90 valence electrons. The minimum atomic E-state index is -0.735. The molecule has 0 heterocycles. The molecule has 0 saturated heterocycles. The zero-order chi connectivity index (χ0) is 12.3. The van der Waals surface area contributed by atoms with E-state index in [1.165, 1.54) is 12.1 Å². The molecule has 0 bridgehead atoms. The molecule has 0 unspecified atom stereocenters. The Morgan fingerprint density at radius 2 is 1.94 bits per heavy atom. The van der Waals surface area contributed by atoms with Crippen LogP contribution in [0.1, 0.15) is 12.0 Å². The molecule has 3 nitrogen and oxygen atoms in total. The highest BCUT2D eigenvalue weighted by molar-refractivity contribution is 5.27. The van der Waals surface area contributed by atoms with Crippen LogP contribution in [-0.4, -0.2) is 5.66 Å². The second-order valence-corrected chi connectivity index (χ2v) is 4.29. The fourth-order valence-corrected chi connectivity index (χ4v) is 1.61. The van der Waals surface area contributed by atoms with Gasteiger partial charge < -0.3 is 16.8 Å². The molecule has 5 N–H and O–H groups in total. The van der Waals surface area contributed by atoms with E-state index in [2.05, 4.69) is 5.32 Å². The molecule has 1 aromatic rings. The van der Waals surface area contributed by atoms with Crippen molar-refractivity contribution in [2.75, 3.05) is 0 Å². The zero-order valence-electron chi connectivity index (χ0n) is 9.49. The maximum atomic E-state index is 12.7. The lowest BCUT2D eigenvalue weighted by molar-refractivity contribution is 0.550. The van der Waals surface area contributed by atoms with Crippen molar-refractivity contribution in [3.63, 3.8) is 0 Å². The van der Waals surface area contributed by atoms with Gasteiger partial charge in [-0.15, -0.1) is 0 Å². The SMILES string of the molecule is NC1(N)C=CC(NCc2ccc(F)cc2)=CC1. The predicted octanol–water partition coefficient (Wildman–Crippen LogP) is 1.37.